The van der Waals surface area contributed by atoms with Gasteiger partial charge in [-0.25, -0.2) is 0 Å². The van der Waals surface area contributed by atoms with E-state index >= 15 is 0 Å². The molecule has 116 valence electrons. The molecule has 1 N–H and O–H groups in total. The van der Waals surface area contributed by atoms with Crippen LogP contribution in [0.25, 0.3) is 0 Å². The number of hydrogen-bond donors (Lipinski definition) is 1. The van der Waals surface area contributed by atoms with Gasteiger partial charge in [-0.15, -0.1) is 0 Å². The van der Waals surface area contributed by atoms with Gasteiger partial charge >= 0.3 is 0 Å². The summed E-state index contributed by atoms with van der Waals surface area (Å²) in [6, 6.07) is 0.370. The number of nitrogens with one attached hydrogen (secondary N) is 1. The van der Waals surface area contributed by atoms with Crippen molar-refractivity contribution < 1.29 is 9.53 Å². The van der Waals surface area contributed by atoms with Crippen LogP contribution in [-0.2, 0) is 9.53 Å². The van der Waals surface area contributed by atoms with Gasteiger partial charge in [0.15, 0.2) is 0 Å². The third-order valence-electron chi connectivity index (χ3n) is 5.02. The monoisotopic (exact) mass is 281 g/mol. The molecule has 2 saturated carbocycles. The summed E-state index contributed by atoms with van der Waals surface area (Å²) in [5.74, 6) is 1.65. The van der Waals surface area contributed by atoms with Crippen LogP contribution in [0, 0.1) is 11.8 Å². The van der Waals surface area contributed by atoms with Crippen LogP contribution in [0.4, 0.5) is 0 Å². The molecular weight excluding hydrogens is 250 g/mol. The number of rotatable bonds is 4. The number of carbonyl (C=O) groups excluding carboxylic acids is 1. The Morgan fingerprint density at radius 1 is 1.05 bits per heavy atom. The van der Waals surface area contributed by atoms with Gasteiger partial charge in [-0.3, -0.25) is 4.79 Å². The Bertz CT molecular complexity index is 310. The molecule has 0 bridgehead atoms. The molecule has 2 aliphatic carbocycles. The van der Waals surface area contributed by atoms with E-state index < -0.39 is 0 Å². The molecule has 2 rings (SSSR count). The largest absolute Gasteiger partial charge is 0.365 e. The second-order valence-electron chi connectivity index (χ2n) is 7.14. The average molecular weight is 281 g/mol. The van der Waals surface area contributed by atoms with Crippen LogP contribution in [0.3, 0.4) is 0 Å². The predicted molar refractivity (Wildman–Crippen MR) is 81.5 cm³/mol. The van der Waals surface area contributed by atoms with E-state index in [0.29, 0.717) is 6.04 Å². The molecule has 0 unspecified atom stereocenters. The van der Waals surface area contributed by atoms with Crippen molar-refractivity contribution in [3.05, 3.63) is 0 Å². The second-order valence-corrected chi connectivity index (χ2v) is 7.14. The molecule has 3 nitrogen and oxygen atoms in total. The Kier molecular flexibility index (Phi) is 5.88. The van der Waals surface area contributed by atoms with Gasteiger partial charge in [0, 0.05) is 6.04 Å². The van der Waals surface area contributed by atoms with Crippen LogP contribution < -0.4 is 5.32 Å². The topological polar surface area (TPSA) is 38.3 Å². The maximum atomic E-state index is 12.2. The summed E-state index contributed by atoms with van der Waals surface area (Å²) in [5, 5.41) is 3.18. The van der Waals surface area contributed by atoms with Crippen molar-refractivity contribution in [2.45, 2.75) is 90.4 Å². The minimum atomic E-state index is -0.301. The Morgan fingerprint density at radius 3 is 2.40 bits per heavy atom. The third kappa shape index (κ3) is 4.76. The van der Waals surface area contributed by atoms with Gasteiger partial charge in [-0.05, 0) is 57.3 Å². The van der Waals surface area contributed by atoms with Crippen molar-refractivity contribution in [3.63, 3.8) is 0 Å². The van der Waals surface area contributed by atoms with Crippen molar-refractivity contribution in [1.82, 2.24) is 5.32 Å². The molecule has 3 atom stereocenters. The van der Waals surface area contributed by atoms with Crippen LogP contribution in [0.5, 0.6) is 0 Å². The summed E-state index contributed by atoms with van der Waals surface area (Å²) in [6.07, 6.45) is 9.47. The maximum absolute atomic E-state index is 12.2. The zero-order valence-electron chi connectivity index (χ0n) is 13.4. The number of carbonyl (C=O) groups is 1. The minimum absolute atomic E-state index is 0.0859. The third-order valence-corrected chi connectivity index (χ3v) is 5.02. The number of amides is 1. The molecule has 0 aromatic heterocycles. The highest BCUT2D eigenvalue weighted by Crippen LogP contribution is 2.27. The van der Waals surface area contributed by atoms with Crippen molar-refractivity contribution in [3.8, 4) is 0 Å². The van der Waals surface area contributed by atoms with Crippen LogP contribution in [0.15, 0.2) is 0 Å². The molecule has 3 heteroatoms. The average Bonchev–Trinajstić information content (AvgIpc) is 2.41. The first-order valence-electron chi connectivity index (χ1n) is 8.50. The Morgan fingerprint density at radius 2 is 1.75 bits per heavy atom. The van der Waals surface area contributed by atoms with E-state index in [0.717, 1.165) is 37.5 Å². The first-order valence-corrected chi connectivity index (χ1v) is 8.50. The van der Waals surface area contributed by atoms with Crippen molar-refractivity contribution in [2.75, 3.05) is 0 Å². The Balaban J connectivity index is 1.71. The van der Waals surface area contributed by atoms with Crippen LogP contribution >= 0.6 is 0 Å². The van der Waals surface area contributed by atoms with E-state index in [1.807, 2.05) is 6.92 Å². The van der Waals surface area contributed by atoms with Gasteiger partial charge in [-0.2, -0.15) is 0 Å². The Hall–Kier alpha value is -0.570. The summed E-state index contributed by atoms with van der Waals surface area (Å²) < 4.78 is 5.97. The molecule has 20 heavy (non-hydrogen) atoms. The first-order chi connectivity index (χ1) is 9.54. The molecule has 2 aliphatic rings. The van der Waals surface area contributed by atoms with E-state index in [2.05, 4.69) is 19.2 Å². The molecule has 0 radical (unpaired) electrons. The van der Waals surface area contributed by atoms with Gasteiger partial charge in [0.05, 0.1) is 6.10 Å². The van der Waals surface area contributed by atoms with Gasteiger partial charge in [0.1, 0.15) is 6.10 Å². The van der Waals surface area contributed by atoms with Gasteiger partial charge < -0.3 is 10.1 Å². The van der Waals surface area contributed by atoms with Crippen molar-refractivity contribution in [2.24, 2.45) is 11.8 Å². The van der Waals surface area contributed by atoms with Crippen LogP contribution in [-0.4, -0.2) is 24.2 Å². The van der Waals surface area contributed by atoms with Crippen LogP contribution in [0.2, 0.25) is 0 Å². The predicted octanol–water partition coefficient (Wildman–Crippen LogP) is 3.67. The highest BCUT2D eigenvalue weighted by molar-refractivity contribution is 5.80. The van der Waals surface area contributed by atoms with E-state index in [1.54, 1.807) is 0 Å². The quantitative estimate of drug-likeness (QED) is 0.854. The standard InChI is InChI=1S/C17H31NO2/c1-12-7-9-15(10-8-12)18-17(19)14(3)20-16-6-4-5-13(2)11-16/h12-16H,4-11H2,1-3H3,(H,18,19)/t12?,13-,14+,15?,16-/m1/s1. The summed E-state index contributed by atoms with van der Waals surface area (Å²) >= 11 is 0. The van der Waals surface area contributed by atoms with E-state index in [4.69, 9.17) is 4.74 Å². The van der Waals surface area contributed by atoms with E-state index in [-0.39, 0.29) is 18.1 Å². The molecular formula is C17H31NO2. The van der Waals surface area contributed by atoms with E-state index in [1.165, 1.54) is 25.7 Å². The smallest absolute Gasteiger partial charge is 0.249 e. The van der Waals surface area contributed by atoms with Crippen molar-refractivity contribution in [1.29, 1.82) is 0 Å². The zero-order chi connectivity index (χ0) is 14.5. The summed E-state index contributed by atoms with van der Waals surface area (Å²) in [7, 11) is 0. The van der Waals surface area contributed by atoms with Crippen LogP contribution in [0.1, 0.15) is 72.1 Å². The summed E-state index contributed by atoms with van der Waals surface area (Å²) in [6.45, 7) is 6.48. The fraction of sp³-hybridized carbons (Fsp3) is 0.941. The van der Waals surface area contributed by atoms with Gasteiger partial charge in [-0.1, -0.05) is 26.7 Å². The molecule has 0 aromatic rings. The maximum Gasteiger partial charge on any atom is 0.249 e. The minimum Gasteiger partial charge on any atom is -0.365 e. The van der Waals surface area contributed by atoms with Crippen molar-refractivity contribution >= 4 is 5.91 Å². The van der Waals surface area contributed by atoms with Gasteiger partial charge in [0.2, 0.25) is 5.91 Å². The number of hydrogen-bond acceptors (Lipinski definition) is 2. The number of ether oxygens (including phenoxy) is 1. The lowest BCUT2D eigenvalue weighted by Gasteiger charge is -2.31. The second kappa shape index (κ2) is 7.44. The molecule has 0 spiro atoms. The molecule has 0 aromatic carbocycles. The van der Waals surface area contributed by atoms with Gasteiger partial charge in [0.25, 0.3) is 0 Å². The first kappa shape index (κ1) is 15.8. The Labute approximate surface area is 123 Å². The summed E-state index contributed by atoms with van der Waals surface area (Å²) in [5.41, 5.74) is 0. The SMILES string of the molecule is CC1CCC(NC(=O)[C@H](C)O[C@@H]2CCC[C@@H](C)C2)CC1. The lowest BCUT2D eigenvalue weighted by molar-refractivity contribution is -0.138. The molecule has 0 heterocycles. The highest BCUT2D eigenvalue weighted by Gasteiger charge is 2.26. The fourth-order valence-corrected chi connectivity index (χ4v) is 3.58. The fourth-order valence-electron chi connectivity index (χ4n) is 3.58. The van der Waals surface area contributed by atoms with E-state index in [9.17, 15) is 4.79 Å². The molecule has 1 amide bonds. The molecule has 2 fully saturated rings. The summed E-state index contributed by atoms with van der Waals surface area (Å²) in [4.78, 5) is 12.2. The normalized spacial score (nSPS) is 36.4. The highest BCUT2D eigenvalue weighted by atomic mass is 16.5. The lowest BCUT2D eigenvalue weighted by Crippen LogP contribution is -2.44. The molecule has 0 saturated heterocycles. The molecule has 0 aliphatic heterocycles. The lowest BCUT2D eigenvalue weighted by atomic mass is 9.87. The zero-order valence-corrected chi connectivity index (χ0v) is 13.4.